The molecule has 0 radical (unpaired) electrons. The van der Waals surface area contributed by atoms with Crippen LogP contribution in [0.4, 0.5) is 5.00 Å². The molecule has 0 amide bonds. The highest BCUT2D eigenvalue weighted by atomic mass is 32.2. The molecular formula is C9H16N4O2S2. The molecule has 1 fully saturated rings. The summed E-state index contributed by atoms with van der Waals surface area (Å²) >= 11 is 1.04. The van der Waals surface area contributed by atoms with Crippen LogP contribution in [0.25, 0.3) is 0 Å². The molecule has 1 saturated heterocycles. The Hall–Kier alpha value is -0.730. The molecule has 1 unspecified atom stereocenters. The number of rotatable bonds is 5. The fraction of sp³-hybridized carbons (Fsp3) is 0.778. The predicted molar refractivity (Wildman–Crippen MR) is 67.6 cm³/mol. The minimum atomic E-state index is -3.26. The second-order valence-electron chi connectivity index (χ2n) is 4.14. The zero-order valence-corrected chi connectivity index (χ0v) is 11.1. The van der Waals surface area contributed by atoms with E-state index < -0.39 is 10.0 Å². The van der Waals surface area contributed by atoms with Gasteiger partial charge in [0.1, 0.15) is 5.00 Å². The van der Waals surface area contributed by atoms with Crippen LogP contribution in [0.5, 0.6) is 0 Å². The lowest BCUT2D eigenvalue weighted by atomic mass is 10.0. The van der Waals surface area contributed by atoms with Crippen molar-refractivity contribution in [3.8, 4) is 0 Å². The van der Waals surface area contributed by atoms with Crippen LogP contribution in [-0.2, 0) is 10.0 Å². The Morgan fingerprint density at radius 1 is 1.53 bits per heavy atom. The first-order chi connectivity index (χ1) is 8.16. The van der Waals surface area contributed by atoms with E-state index in [-0.39, 0.29) is 5.75 Å². The summed E-state index contributed by atoms with van der Waals surface area (Å²) in [5.74, 6) is 0.141. The van der Waals surface area contributed by atoms with Crippen LogP contribution < -0.4 is 10.0 Å². The molecule has 1 aromatic rings. The van der Waals surface area contributed by atoms with E-state index in [1.54, 1.807) is 0 Å². The highest BCUT2D eigenvalue weighted by Gasteiger charge is 2.17. The van der Waals surface area contributed by atoms with Gasteiger partial charge in [-0.1, -0.05) is 10.9 Å². The number of piperidine rings is 1. The third-order valence-corrected chi connectivity index (χ3v) is 4.78. The van der Waals surface area contributed by atoms with Crippen LogP contribution >= 0.6 is 11.5 Å². The maximum absolute atomic E-state index is 11.8. The molecule has 0 saturated carbocycles. The van der Waals surface area contributed by atoms with Gasteiger partial charge in [-0.05, 0) is 25.8 Å². The third kappa shape index (κ3) is 4.21. The Balaban J connectivity index is 1.80. The van der Waals surface area contributed by atoms with E-state index in [2.05, 4.69) is 19.6 Å². The second kappa shape index (κ2) is 5.74. The summed E-state index contributed by atoms with van der Waals surface area (Å²) in [6.45, 7) is 0.997. The van der Waals surface area contributed by atoms with Gasteiger partial charge in [-0.2, -0.15) is 0 Å². The lowest BCUT2D eigenvalue weighted by Gasteiger charge is -2.23. The lowest BCUT2D eigenvalue weighted by molar-refractivity contribution is 0.393. The SMILES string of the molecule is O=S(=O)(CCC1CCCCN1)Nc1cnns1. The van der Waals surface area contributed by atoms with E-state index >= 15 is 0 Å². The average Bonchev–Trinajstić information content (AvgIpc) is 2.80. The van der Waals surface area contributed by atoms with Gasteiger partial charge >= 0.3 is 0 Å². The standard InChI is InChI=1S/C9H16N4O2S2/c14-17(15,12-9-7-11-13-16-9)6-4-8-3-1-2-5-10-8/h7-8,10,12H,1-6H2. The molecule has 2 heterocycles. The quantitative estimate of drug-likeness (QED) is 0.831. The van der Waals surface area contributed by atoms with Crippen LogP contribution in [0.1, 0.15) is 25.7 Å². The van der Waals surface area contributed by atoms with Gasteiger partial charge in [0.25, 0.3) is 0 Å². The fourth-order valence-corrected chi connectivity index (χ4v) is 3.75. The van der Waals surface area contributed by atoms with Gasteiger partial charge in [0, 0.05) is 17.6 Å². The van der Waals surface area contributed by atoms with Gasteiger partial charge < -0.3 is 5.32 Å². The summed E-state index contributed by atoms with van der Waals surface area (Å²) < 4.78 is 29.6. The number of anilines is 1. The van der Waals surface area contributed by atoms with Crippen molar-refractivity contribution >= 4 is 26.6 Å². The highest BCUT2D eigenvalue weighted by molar-refractivity contribution is 7.92. The van der Waals surface area contributed by atoms with Gasteiger partial charge in [-0.25, -0.2) is 8.42 Å². The smallest absolute Gasteiger partial charge is 0.233 e. The Morgan fingerprint density at radius 3 is 3.06 bits per heavy atom. The van der Waals surface area contributed by atoms with Gasteiger partial charge in [0.2, 0.25) is 10.0 Å². The van der Waals surface area contributed by atoms with E-state index in [9.17, 15) is 8.42 Å². The number of nitrogens with one attached hydrogen (secondary N) is 2. The Morgan fingerprint density at radius 2 is 2.41 bits per heavy atom. The average molecular weight is 276 g/mol. The third-order valence-electron chi connectivity index (χ3n) is 2.76. The Labute approximate surface area is 105 Å². The highest BCUT2D eigenvalue weighted by Crippen LogP contribution is 2.14. The zero-order valence-electron chi connectivity index (χ0n) is 9.42. The minimum Gasteiger partial charge on any atom is -0.314 e. The molecule has 6 nitrogen and oxygen atoms in total. The molecule has 0 spiro atoms. The summed E-state index contributed by atoms with van der Waals surface area (Å²) in [5.41, 5.74) is 0. The maximum atomic E-state index is 11.8. The van der Waals surface area contributed by atoms with Crippen LogP contribution in [0, 0.1) is 0 Å². The molecule has 1 aliphatic rings. The molecule has 0 aliphatic carbocycles. The van der Waals surface area contributed by atoms with Gasteiger partial charge in [-0.3, -0.25) is 4.72 Å². The first-order valence-corrected chi connectivity index (χ1v) is 8.09. The second-order valence-corrected chi connectivity index (χ2v) is 6.77. The monoisotopic (exact) mass is 276 g/mol. The maximum Gasteiger partial charge on any atom is 0.233 e. The first kappa shape index (κ1) is 12.7. The van der Waals surface area contributed by atoms with E-state index in [4.69, 9.17) is 0 Å². The molecule has 8 heteroatoms. The molecule has 17 heavy (non-hydrogen) atoms. The summed E-state index contributed by atoms with van der Waals surface area (Å²) in [6.07, 6.45) is 5.51. The number of hydrogen-bond donors (Lipinski definition) is 2. The topological polar surface area (TPSA) is 84.0 Å². The molecule has 1 aromatic heterocycles. The summed E-state index contributed by atoms with van der Waals surface area (Å²) in [7, 11) is -3.26. The van der Waals surface area contributed by atoms with Crippen molar-refractivity contribution in [3.63, 3.8) is 0 Å². The molecule has 1 atom stereocenters. The van der Waals surface area contributed by atoms with Gasteiger partial charge in [0.15, 0.2) is 0 Å². The molecule has 96 valence electrons. The molecule has 0 bridgehead atoms. The molecule has 2 N–H and O–H groups in total. The molecular weight excluding hydrogens is 260 g/mol. The van der Waals surface area contributed by atoms with Gasteiger partial charge in [-0.15, -0.1) is 5.10 Å². The van der Waals surface area contributed by atoms with Crippen molar-refractivity contribution < 1.29 is 8.42 Å². The van der Waals surface area contributed by atoms with Crippen molar-refractivity contribution in [1.82, 2.24) is 14.9 Å². The largest absolute Gasteiger partial charge is 0.314 e. The lowest BCUT2D eigenvalue weighted by Crippen LogP contribution is -2.36. The van der Waals surface area contributed by atoms with Crippen molar-refractivity contribution in [1.29, 1.82) is 0 Å². The number of sulfonamides is 1. The fourth-order valence-electron chi connectivity index (χ4n) is 1.88. The van der Waals surface area contributed by atoms with E-state index in [1.807, 2.05) is 0 Å². The van der Waals surface area contributed by atoms with Crippen molar-refractivity contribution in [3.05, 3.63) is 6.20 Å². The minimum absolute atomic E-state index is 0.141. The van der Waals surface area contributed by atoms with E-state index in [0.717, 1.165) is 24.5 Å². The van der Waals surface area contributed by atoms with E-state index in [0.29, 0.717) is 17.5 Å². The van der Waals surface area contributed by atoms with Crippen molar-refractivity contribution in [2.24, 2.45) is 0 Å². The van der Waals surface area contributed by atoms with Crippen LogP contribution in [0.15, 0.2) is 6.20 Å². The number of nitrogens with zero attached hydrogens (tertiary/aromatic N) is 2. The normalized spacial score (nSPS) is 21.3. The van der Waals surface area contributed by atoms with Crippen LogP contribution in [0.2, 0.25) is 0 Å². The molecule has 1 aliphatic heterocycles. The Kier molecular flexibility index (Phi) is 4.30. The van der Waals surface area contributed by atoms with Crippen LogP contribution in [-0.4, -0.2) is 36.3 Å². The van der Waals surface area contributed by atoms with Crippen molar-refractivity contribution in [2.75, 3.05) is 17.0 Å². The van der Waals surface area contributed by atoms with Crippen molar-refractivity contribution in [2.45, 2.75) is 31.7 Å². The number of hydrogen-bond acceptors (Lipinski definition) is 6. The van der Waals surface area contributed by atoms with Crippen LogP contribution in [0.3, 0.4) is 0 Å². The molecule has 0 aromatic carbocycles. The van der Waals surface area contributed by atoms with Gasteiger partial charge in [0.05, 0.1) is 11.9 Å². The van der Waals surface area contributed by atoms with E-state index in [1.165, 1.54) is 19.0 Å². The summed E-state index contributed by atoms with van der Waals surface area (Å²) in [5, 5.41) is 7.40. The molecule has 2 rings (SSSR count). The Bertz CT molecular complexity index is 426. The first-order valence-electron chi connectivity index (χ1n) is 5.67. The predicted octanol–water partition coefficient (Wildman–Crippen LogP) is 0.812. The summed E-state index contributed by atoms with van der Waals surface area (Å²) in [4.78, 5) is 0. The summed E-state index contributed by atoms with van der Waals surface area (Å²) in [6, 6.07) is 0.333. The zero-order chi connectivity index (χ0) is 12.1. The number of aromatic nitrogens is 2.